The van der Waals surface area contributed by atoms with E-state index in [2.05, 4.69) is 47.1 Å². The van der Waals surface area contributed by atoms with Gasteiger partial charge in [-0.3, -0.25) is 0 Å². The zero-order valence-electron chi connectivity index (χ0n) is 17.8. The van der Waals surface area contributed by atoms with Crippen molar-refractivity contribution in [3.05, 3.63) is 57.6 Å². The SMILES string of the molecule is COc1cc2c(cc1O)CCC1C2CC[C@@]2(C)C1CC[C@@]2(O)Cc1cccc(Br)c1. The number of halogens is 1. The number of hydrogen-bond acceptors (Lipinski definition) is 3. The van der Waals surface area contributed by atoms with Crippen molar-refractivity contribution in [1.29, 1.82) is 0 Å². The van der Waals surface area contributed by atoms with Crippen molar-refractivity contribution < 1.29 is 14.9 Å². The Hall–Kier alpha value is -1.52. The third-order valence-corrected chi connectivity index (χ3v) is 9.22. The van der Waals surface area contributed by atoms with E-state index >= 15 is 0 Å². The van der Waals surface area contributed by atoms with Crippen LogP contribution in [0.1, 0.15) is 61.6 Å². The monoisotopic (exact) mass is 470 g/mol. The second kappa shape index (κ2) is 7.27. The van der Waals surface area contributed by atoms with Gasteiger partial charge in [0.25, 0.3) is 0 Å². The molecule has 0 saturated heterocycles. The van der Waals surface area contributed by atoms with Crippen LogP contribution < -0.4 is 4.74 Å². The van der Waals surface area contributed by atoms with E-state index < -0.39 is 5.60 Å². The van der Waals surface area contributed by atoms with Crippen LogP contribution in [0.2, 0.25) is 0 Å². The molecule has 160 valence electrons. The third-order valence-electron chi connectivity index (χ3n) is 8.73. The summed E-state index contributed by atoms with van der Waals surface area (Å²) in [4.78, 5) is 0. The van der Waals surface area contributed by atoms with Crippen molar-refractivity contribution in [3.63, 3.8) is 0 Å². The largest absolute Gasteiger partial charge is 0.504 e. The van der Waals surface area contributed by atoms with Gasteiger partial charge in [-0.25, -0.2) is 0 Å². The van der Waals surface area contributed by atoms with Gasteiger partial charge in [0, 0.05) is 10.9 Å². The summed E-state index contributed by atoms with van der Waals surface area (Å²) in [5, 5.41) is 22.1. The lowest BCUT2D eigenvalue weighted by Crippen LogP contribution is -2.51. The third kappa shape index (κ3) is 3.02. The fourth-order valence-corrected chi connectivity index (χ4v) is 7.58. The van der Waals surface area contributed by atoms with E-state index in [0.717, 1.165) is 49.4 Å². The van der Waals surface area contributed by atoms with Gasteiger partial charge in [-0.15, -0.1) is 0 Å². The summed E-state index contributed by atoms with van der Waals surface area (Å²) in [6.07, 6.45) is 7.02. The molecule has 0 bridgehead atoms. The zero-order chi connectivity index (χ0) is 21.1. The molecule has 2 aromatic rings. The lowest BCUT2D eigenvalue weighted by atomic mass is 9.52. The number of rotatable bonds is 3. The number of aromatic hydroxyl groups is 1. The minimum atomic E-state index is -0.643. The van der Waals surface area contributed by atoms with E-state index in [1.165, 1.54) is 16.7 Å². The van der Waals surface area contributed by atoms with Gasteiger partial charge in [-0.05, 0) is 103 Å². The summed E-state index contributed by atoms with van der Waals surface area (Å²) in [6.45, 7) is 2.35. The number of fused-ring (bicyclic) bond motifs is 5. The first-order valence-electron chi connectivity index (χ1n) is 11.2. The number of phenols is 1. The molecule has 0 aliphatic heterocycles. The molecule has 5 atom stereocenters. The number of methoxy groups -OCH3 is 1. The first kappa shape index (κ1) is 20.4. The quantitative estimate of drug-likeness (QED) is 0.578. The van der Waals surface area contributed by atoms with Crippen LogP contribution in [-0.2, 0) is 12.8 Å². The molecule has 3 aliphatic rings. The van der Waals surface area contributed by atoms with Crippen molar-refractivity contribution in [2.75, 3.05) is 7.11 Å². The topological polar surface area (TPSA) is 49.7 Å². The average Bonchev–Trinajstić information content (AvgIpc) is 2.98. The second-order valence-corrected chi connectivity index (χ2v) is 10.9. The highest BCUT2D eigenvalue weighted by Gasteiger charge is 2.61. The Balaban J connectivity index is 1.45. The molecule has 0 aromatic heterocycles. The van der Waals surface area contributed by atoms with Gasteiger partial charge < -0.3 is 14.9 Å². The van der Waals surface area contributed by atoms with Crippen LogP contribution in [0.15, 0.2) is 40.9 Å². The molecule has 2 fully saturated rings. The maximum absolute atomic E-state index is 11.9. The molecular weight excluding hydrogens is 440 g/mol. The van der Waals surface area contributed by atoms with Crippen LogP contribution in [0.25, 0.3) is 0 Å². The van der Waals surface area contributed by atoms with E-state index in [1.807, 2.05) is 12.1 Å². The minimum Gasteiger partial charge on any atom is -0.504 e. The van der Waals surface area contributed by atoms with Crippen molar-refractivity contribution in [2.45, 2.75) is 63.4 Å². The molecule has 3 unspecified atom stereocenters. The highest BCUT2D eigenvalue weighted by atomic mass is 79.9. The molecular formula is C26H31BrO3. The number of aryl methyl sites for hydroxylation is 1. The molecule has 2 saturated carbocycles. The molecule has 3 nitrogen and oxygen atoms in total. The van der Waals surface area contributed by atoms with Crippen molar-refractivity contribution in [2.24, 2.45) is 17.3 Å². The van der Waals surface area contributed by atoms with Crippen LogP contribution >= 0.6 is 15.9 Å². The lowest BCUT2D eigenvalue weighted by molar-refractivity contribution is -0.102. The van der Waals surface area contributed by atoms with Gasteiger partial charge >= 0.3 is 0 Å². The molecule has 4 heteroatoms. The van der Waals surface area contributed by atoms with Crippen LogP contribution in [0.3, 0.4) is 0 Å². The Kier molecular flexibility index (Phi) is 4.94. The van der Waals surface area contributed by atoms with Crippen molar-refractivity contribution in [1.82, 2.24) is 0 Å². The maximum Gasteiger partial charge on any atom is 0.160 e. The van der Waals surface area contributed by atoms with Gasteiger partial charge in [-0.1, -0.05) is 35.0 Å². The summed E-state index contributed by atoms with van der Waals surface area (Å²) >= 11 is 3.58. The van der Waals surface area contributed by atoms with Crippen LogP contribution in [0.5, 0.6) is 11.5 Å². The summed E-state index contributed by atoms with van der Waals surface area (Å²) in [5.41, 5.74) is 3.17. The Bertz CT molecular complexity index is 973. The molecule has 0 heterocycles. The molecule has 0 radical (unpaired) electrons. The van der Waals surface area contributed by atoms with Crippen LogP contribution in [0.4, 0.5) is 0 Å². The highest BCUT2D eigenvalue weighted by molar-refractivity contribution is 9.10. The highest BCUT2D eigenvalue weighted by Crippen LogP contribution is 2.65. The normalized spacial score (nSPS) is 34.7. The standard InChI is InChI=1S/C26H31BrO3/c1-25-10-8-19-20(7-6-17-13-23(28)24(30-2)14-21(17)19)22(25)9-11-26(25,29)15-16-4-3-5-18(27)12-16/h3-5,12-14,19-20,22,28-29H,6-11,15H2,1-2H3/t19?,20?,22?,25-,26+/m0/s1. The molecule has 5 rings (SSSR count). The summed E-state index contributed by atoms with van der Waals surface area (Å²) in [5.74, 6) is 2.48. The number of phenolic OH excluding ortho intramolecular Hbond substituents is 1. The first-order valence-corrected chi connectivity index (χ1v) is 12.0. The van der Waals surface area contributed by atoms with E-state index in [4.69, 9.17) is 4.74 Å². The Morgan fingerprint density at radius 2 is 1.97 bits per heavy atom. The Morgan fingerprint density at radius 1 is 1.13 bits per heavy atom. The molecule has 3 aliphatic carbocycles. The smallest absolute Gasteiger partial charge is 0.160 e. The van der Waals surface area contributed by atoms with E-state index in [1.54, 1.807) is 7.11 Å². The van der Waals surface area contributed by atoms with E-state index in [0.29, 0.717) is 23.5 Å². The Morgan fingerprint density at radius 3 is 2.73 bits per heavy atom. The summed E-state index contributed by atoms with van der Waals surface area (Å²) < 4.78 is 6.49. The van der Waals surface area contributed by atoms with E-state index in [-0.39, 0.29) is 11.2 Å². The van der Waals surface area contributed by atoms with Crippen LogP contribution in [0, 0.1) is 17.3 Å². The molecule has 30 heavy (non-hydrogen) atoms. The van der Waals surface area contributed by atoms with Gasteiger partial charge in [0.1, 0.15) is 0 Å². The fraction of sp³-hybridized carbons (Fsp3) is 0.538. The van der Waals surface area contributed by atoms with Gasteiger partial charge in [0.2, 0.25) is 0 Å². The fourth-order valence-electron chi connectivity index (χ4n) is 7.14. The Labute approximate surface area is 187 Å². The predicted molar refractivity (Wildman–Crippen MR) is 122 cm³/mol. The van der Waals surface area contributed by atoms with Crippen molar-refractivity contribution >= 4 is 15.9 Å². The average molecular weight is 471 g/mol. The number of benzene rings is 2. The molecule has 0 spiro atoms. The molecule has 2 aromatic carbocycles. The number of hydrogen-bond donors (Lipinski definition) is 2. The molecule has 0 amide bonds. The maximum atomic E-state index is 11.9. The summed E-state index contributed by atoms with van der Waals surface area (Å²) in [7, 11) is 1.62. The predicted octanol–water partition coefficient (Wildman–Crippen LogP) is 5.99. The summed E-state index contributed by atoms with van der Waals surface area (Å²) in [6, 6.07) is 12.4. The number of aliphatic hydroxyl groups is 1. The van der Waals surface area contributed by atoms with Gasteiger partial charge in [0.05, 0.1) is 12.7 Å². The minimum absolute atomic E-state index is 0.0466. The van der Waals surface area contributed by atoms with Gasteiger partial charge in [0.15, 0.2) is 11.5 Å². The lowest BCUT2D eigenvalue weighted by Gasteiger charge is -2.53. The first-order chi connectivity index (χ1) is 14.3. The molecule has 2 N–H and O–H groups in total. The zero-order valence-corrected chi connectivity index (χ0v) is 19.4. The van der Waals surface area contributed by atoms with E-state index in [9.17, 15) is 10.2 Å². The van der Waals surface area contributed by atoms with Crippen molar-refractivity contribution in [3.8, 4) is 11.5 Å². The van der Waals surface area contributed by atoms with Gasteiger partial charge in [-0.2, -0.15) is 0 Å². The second-order valence-electron chi connectivity index (χ2n) is 9.97. The number of ether oxygens (including phenoxy) is 1. The van der Waals surface area contributed by atoms with Crippen LogP contribution in [-0.4, -0.2) is 22.9 Å².